The quantitative estimate of drug-likeness (QED) is 0.370. The zero-order valence-corrected chi connectivity index (χ0v) is 19.0. The molecule has 1 aliphatic rings. The van der Waals surface area contributed by atoms with Gasteiger partial charge < -0.3 is 25.4 Å². The number of fused-ring (bicyclic) bond motifs is 1. The van der Waals surface area contributed by atoms with Crippen LogP contribution in [0.15, 0.2) is 30.6 Å². The number of aromatic nitrogens is 2. The highest BCUT2D eigenvalue weighted by Gasteiger charge is 2.30. The largest absolute Gasteiger partial charge is 0.478 e. The summed E-state index contributed by atoms with van der Waals surface area (Å²) < 4.78 is 2.91. The number of benzene rings is 2. The third kappa shape index (κ3) is 4.41. The third-order valence-corrected chi connectivity index (χ3v) is 5.36. The Hall–Kier alpha value is -2.66. The van der Waals surface area contributed by atoms with Crippen LogP contribution in [0.3, 0.4) is 0 Å². The number of imidazole rings is 1. The lowest BCUT2D eigenvalue weighted by atomic mass is 10.0. The van der Waals surface area contributed by atoms with Gasteiger partial charge in [-0.25, -0.2) is 14.6 Å². The van der Waals surface area contributed by atoms with Gasteiger partial charge in [0, 0.05) is 15.3 Å². The van der Waals surface area contributed by atoms with Crippen molar-refractivity contribution >= 4 is 56.9 Å². The van der Waals surface area contributed by atoms with Crippen molar-refractivity contribution < 1.29 is 19.8 Å². The van der Waals surface area contributed by atoms with E-state index < -0.39 is 11.9 Å². The van der Waals surface area contributed by atoms with Crippen molar-refractivity contribution in [3.05, 3.63) is 50.9 Å². The molecular formula is C21H23IN4O4. The SMILES string of the molecule is CNC.Cc1cc(I)ccc1Nc1c(C(=O)O)cc(C(=O)O)c2c1ncn2C1CC1. The monoisotopic (exact) mass is 522 g/mol. The lowest BCUT2D eigenvalue weighted by molar-refractivity contribution is 0.0696. The van der Waals surface area contributed by atoms with Crippen molar-refractivity contribution in [2.75, 3.05) is 19.4 Å². The van der Waals surface area contributed by atoms with E-state index in [1.54, 1.807) is 6.33 Å². The smallest absolute Gasteiger partial charge is 0.337 e. The Morgan fingerprint density at radius 3 is 2.30 bits per heavy atom. The van der Waals surface area contributed by atoms with Gasteiger partial charge in [0.1, 0.15) is 5.52 Å². The summed E-state index contributed by atoms with van der Waals surface area (Å²) in [6.07, 6.45) is 3.53. The molecule has 0 spiro atoms. The van der Waals surface area contributed by atoms with Crippen LogP contribution in [0.25, 0.3) is 11.0 Å². The van der Waals surface area contributed by atoms with Crippen molar-refractivity contribution in [3.8, 4) is 0 Å². The van der Waals surface area contributed by atoms with E-state index in [2.05, 4.69) is 38.2 Å². The molecule has 0 atom stereocenters. The number of carboxylic acids is 2. The van der Waals surface area contributed by atoms with E-state index in [-0.39, 0.29) is 17.2 Å². The van der Waals surface area contributed by atoms with Crippen molar-refractivity contribution in [2.45, 2.75) is 25.8 Å². The highest BCUT2D eigenvalue weighted by molar-refractivity contribution is 14.1. The molecule has 0 saturated heterocycles. The highest BCUT2D eigenvalue weighted by atomic mass is 127. The number of carboxylic acid groups (broad SMARTS) is 2. The average Bonchev–Trinajstić information content (AvgIpc) is 3.42. The standard InChI is InChI=1S/C19H16IN3O4.C2H7N/c1-9-6-10(20)2-5-14(9)22-15-12(18(24)25)7-13(19(26)27)17-16(15)21-8-23(17)11-3-4-11;1-3-2/h2,5-8,11,22H,3-4H2,1H3,(H,24,25)(H,26,27);3H,1-2H3. The highest BCUT2D eigenvalue weighted by Crippen LogP contribution is 2.41. The molecule has 0 aliphatic heterocycles. The number of nitrogens with zero attached hydrogens (tertiary/aromatic N) is 2. The van der Waals surface area contributed by atoms with E-state index in [0.717, 1.165) is 27.7 Å². The molecule has 4 N–H and O–H groups in total. The fourth-order valence-corrected chi connectivity index (χ4v) is 3.86. The van der Waals surface area contributed by atoms with Crippen molar-refractivity contribution in [2.24, 2.45) is 0 Å². The second kappa shape index (κ2) is 9.00. The second-order valence-corrected chi connectivity index (χ2v) is 8.37. The van der Waals surface area contributed by atoms with Gasteiger partial charge in [0.15, 0.2) is 0 Å². The van der Waals surface area contributed by atoms with E-state index >= 15 is 0 Å². The Bertz CT molecular complexity index is 1120. The van der Waals surface area contributed by atoms with Crippen molar-refractivity contribution in [3.63, 3.8) is 0 Å². The van der Waals surface area contributed by atoms with Gasteiger partial charge in [0.2, 0.25) is 0 Å². The van der Waals surface area contributed by atoms with Gasteiger partial charge in [-0.2, -0.15) is 0 Å². The van der Waals surface area contributed by atoms with Gasteiger partial charge in [-0.15, -0.1) is 0 Å². The normalized spacial score (nSPS) is 12.9. The van der Waals surface area contributed by atoms with Gasteiger partial charge in [0.05, 0.1) is 28.7 Å². The minimum Gasteiger partial charge on any atom is -0.478 e. The summed E-state index contributed by atoms with van der Waals surface area (Å²) in [5.74, 6) is -2.37. The first-order chi connectivity index (χ1) is 14.3. The number of hydrogen-bond acceptors (Lipinski definition) is 5. The average molecular weight is 522 g/mol. The van der Waals surface area contributed by atoms with Crippen LogP contribution in [-0.2, 0) is 0 Å². The van der Waals surface area contributed by atoms with Gasteiger partial charge in [-0.1, -0.05) is 0 Å². The van der Waals surface area contributed by atoms with Crippen molar-refractivity contribution in [1.29, 1.82) is 0 Å². The molecule has 1 heterocycles. The summed E-state index contributed by atoms with van der Waals surface area (Å²) >= 11 is 2.21. The molecule has 9 heteroatoms. The molecule has 30 heavy (non-hydrogen) atoms. The van der Waals surface area contributed by atoms with Crippen LogP contribution in [0.2, 0.25) is 0 Å². The maximum atomic E-state index is 11.9. The summed E-state index contributed by atoms with van der Waals surface area (Å²) in [6.45, 7) is 1.93. The van der Waals surface area contributed by atoms with Crippen LogP contribution in [0.4, 0.5) is 11.4 Å². The molecule has 1 aromatic heterocycles. The van der Waals surface area contributed by atoms with Gasteiger partial charge in [-0.05, 0) is 86.3 Å². The summed E-state index contributed by atoms with van der Waals surface area (Å²) in [4.78, 5) is 28.0. The fraction of sp³-hybridized carbons (Fsp3) is 0.286. The molecule has 1 fully saturated rings. The number of hydrogen-bond donors (Lipinski definition) is 4. The van der Waals surface area contributed by atoms with E-state index in [1.807, 2.05) is 43.8 Å². The zero-order chi connectivity index (χ0) is 22.0. The number of halogens is 1. The molecular weight excluding hydrogens is 499 g/mol. The number of aromatic carboxylic acids is 2. The molecule has 0 unspecified atom stereocenters. The number of anilines is 2. The first kappa shape index (κ1) is 22.0. The minimum absolute atomic E-state index is 0.0447. The topological polar surface area (TPSA) is 116 Å². The number of carbonyl (C=O) groups is 2. The number of nitrogens with one attached hydrogen (secondary N) is 2. The van der Waals surface area contributed by atoms with E-state index in [4.69, 9.17) is 0 Å². The molecule has 8 nitrogen and oxygen atoms in total. The maximum Gasteiger partial charge on any atom is 0.337 e. The van der Waals surface area contributed by atoms with Crippen LogP contribution < -0.4 is 10.6 Å². The fourth-order valence-electron chi connectivity index (χ4n) is 3.21. The maximum absolute atomic E-state index is 11.9. The summed E-state index contributed by atoms with van der Waals surface area (Å²) in [5, 5.41) is 25.2. The molecule has 158 valence electrons. The second-order valence-electron chi connectivity index (χ2n) is 7.12. The Balaban J connectivity index is 0.000000806. The Morgan fingerprint density at radius 1 is 1.13 bits per heavy atom. The third-order valence-electron chi connectivity index (χ3n) is 4.69. The number of rotatable bonds is 5. The van der Waals surface area contributed by atoms with Crippen LogP contribution >= 0.6 is 22.6 Å². The van der Waals surface area contributed by atoms with Crippen LogP contribution in [-0.4, -0.2) is 45.8 Å². The van der Waals surface area contributed by atoms with Gasteiger partial charge in [-0.3, -0.25) is 0 Å². The number of aryl methyl sites for hydroxylation is 1. The minimum atomic E-state index is -1.20. The summed E-state index contributed by atoms with van der Waals surface area (Å²) in [7, 11) is 3.75. The Labute approximate surface area is 187 Å². The molecule has 0 bridgehead atoms. The molecule has 3 aromatic rings. The lowest BCUT2D eigenvalue weighted by Crippen LogP contribution is -2.10. The van der Waals surface area contributed by atoms with E-state index in [0.29, 0.717) is 16.7 Å². The van der Waals surface area contributed by atoms with Gasteiger partial charge in [0.25, 0.3) is 0 Å². The molecule has 2 aromatic carbocycles. The van der Waals surface area contributed by atoms with Crippen LogP contribution in [0.5, 0.6) is 0 Å². The molecule has 4 rings (SSSR count). The van der Waals surface area contributed by atoms with Crippen LogP contribution in [0.1, 0.15) is 45.2 Å². The Kier molecular flexibility index (Phi) is 6.61. The molecule has 0 amide bonds. The summed E-state index contributed by atoms with van der Waals surface area (Å²) in [6, 6.07) is 7.21. The van der Waals surface area contributed by atoms with Crippen LogP contribution in [0, 0.1) is 10.5 Å². The van der Waals surface area contributed by atoms with Crippen molar-refractivity contribution in [1.82, 2.24) is 14.9 Å². The molecule has 1 saturated carbocycles. The Morgan fingerprint density at radius 2 is 1.77 bits per heavy atom. The van der Waals surface area contributed by atoms with E-state index in [1.165, 1.54) is 6.07 Å². The molecule has 0 radical (unpaired) electrons. The zero-order valence-electron chi connectivity index (χ0n) is 16.9. The van der Waals surface area contributed by atoms with E-state index in [9.17, 15) is 19.8 Å². The predicted molar refractivity (Wildman–Crippen MR) is 124 cm³/mol. The lowest BCUT2D eigenvalue weighted by Gasteiger charge is -2.15. The molecule has 1 aliphatic carbocycles. The first-order valence-corrected chi connectivity index (χ1v) is 10.5. The van der Waals surface area contributed by atoms with Gasteiger partial charge >= 0.3 is 11.9 Å². The predicted octanol–water partition coefficient (Wildman–Crippen LogP) is 4.26. The summed E-state index contributed by atoms with van der Waals surface area (Å²) in [5.41, 5.74) is 2.68. The first-order valence-electron chi connectivity index (χ1n) is 9.40.